The molecule has 1 saturated carbocycles. The van der Waals surface area contributed by atoms with Crippen LogP contribution in [-0.4, -0.2) is 26.8 Å². The van der Waals surface area contributed by atoms with Gasteiger partial charge in [0.25, 0.3) is 0 Å². The maximum absolute atomic E-state index is 13.5. The first-order chi connectivity index (χ1) is 10.1. The number of amides is 1. The molecule has 1 heterocycles. The number of rotatable bonds is 5. The number of H-pyrrole nitrogens is 1. The number of nitrogens with one attached hydrogen (secondary N) is 2. The van der Waals surface area contributed by atoms with Crippen molar-refractivity contribution in [3.8, 4) is 0 Å². The predicted molar refractivity (Wildman–Crippen MR) is 79.1 cm³/mol. The van der Waals surface area contributed by atoms with Crippen LogP contribution >= 0.6 is 23.4 Å². The Morgan fingerprint density at radius 1 is 1.52 bits per heavy atom. The molecule has 0 radical (unpaired) electrons. The molecule has 3 rings (SSSR count). The summed E-state index contributed by atoms with van der Waals surface area (Å²) in [6, 6.07) is 4.01. The van der Waals surface area contributed by atoms with E-state index in [0.717, 1.165) is 18.7 Å². The van der Waals surface area contributed by atoms with E-state index >= 15 is 0 Å². The van der Waals surface area contributed by atoms with Crippen LogP contribution in [0.2, 0.25) is 5.02 Å². The van der Waals surface area contributed by atoms with Crippen LogP contribution in [0.4, 0.5) is 10.1 Å². The average Bonchev–Trinajstić information content (AvgIpc) is 3.20. The van der Waals surface area contributed by atoms with Gasteiger partial charge in [0.15, 0.2) is 0 Å². The second kappa shape index (κ2) is 6.03. The Hall–Kier alpha value is -1.60. The van der Waals surface area contributed by atoms with E-state index in [1.807, 2.05) is 0 Å². The highest BCUT2D eigenvalue weighted by atomic mass is 35.5. The van der Waals surface area contributed by atoms with Crippen LogP contribution in [0, 0.1) is 5.82 Å². The van der Waals surface area contributed by atoms with E-state index in [1.165, 1.54) is 30.0 Å². The molecule has 1 fully saturated rings. The topological polar surface area (TPSA) is 70.7 Å². The Bertz CT molecular complexity index is 674. The molecular formula is C13H12ClFN4OS. The number of anilines is 1. The molecular weight excluding hydrogens is 315 g/mol. The van der Waals surface area contributed by atoms with Gasteiger partial charge in [-0.2, -0.15) is 0 Å². The van der Waals surface area contributed by atoms with Crippen LogP contribution in [0.15, 0.2) is 23.4 Å². The molecule has 8 heteroatoms. The molecule has 0 spiro atoms. The summed E-state index contributed by atoms with van der Waals surface area (Å²) in [6.07, 6.45) is 2.27. The molecule has 1 aliphatic carbocycles. The Balaban J connectivity index is 1.54. The summed E-state index contributed by atoms with van der Waals surface area (Å²) in [5.74, 6) is 0.610. The largest absolute Gasteiger partial charge is 0.323 e. The molecule has 1 aromatic heterocycles. The fraction of sp³-hybridized carbons (Fsp3) is 0.308. The molecule has 2 N–H and O–H groups in total. The highest BCUT2D eigenvalue weighted by Crippen LogP contribution is 2.38. The number of carbonyl (C=O) groups excluding carboxylic acids is 1. The zero-order valence-electron chi connectivity index (χ0n) is 10.9. The number of benzene rings is 1. The Kier molecular flexibility index (Phi) is 4.12. The number of hydrogen-bond donors (Lipinski definition) is 2. The van der Waals surface area contributed by atoms with Crippen LogP contribution in [0.25, 0.3) is 0 Å². The number of thioether (sulfide) groups is 1. The third-order valence-corrected chi connectivity index (χ3v) is 4.06. The standard InChI is InChI=1S/C13H12ClFN4OS/c14-8-3-4-9(15)10(5-8)16-11(20)6-21-13-17-12(18-19-13)7-1-2-7/h3-5,7H,1-2,6H2,(H,16,20)(H,17,18,19). The molecule has 1 aromatic carbocycles. The Morgan fingerprint density at radius 2 is 2.33 bits per heavy atom. The van der Waals surface area contributed by atoms with Crippen molar-refractivity contribution in [3.05, 3.63) is 34.9 Å². The van der Waals surface area contributed by atoms with Gasteiger partial charge in [0.05, 0.1) is 11.4 Å². The minimum atomic E-state index is -0.522. The lowest BCUT2D eigenvalue weighted by molar-refractivity contribution is -0.113. The lowest BCUT2D eigenvalue weighted by Gasteiger charge is -2.05. The molecule has 1 aliphatic rings. The van der Waals surface area contributed by atoms with Crippen LogP contribution in [-0.2, 0) is 4.79 Å². The predicted octanol–water partition coefficient (Wildman–Crippen LogP) is 3.21. The maximum Gasteiger partial charge on any atom is 0.234 e. The number of aromatic amines is 1. The molecule has 0 aliphatic heterocycles. The smallest absolute Gasteiger partial charge is 0.234 e. The van der Waals surface area contributed by atoms with Crippen molar-refractivity contribution in [1.29, 1.82) is 0 Å². The van der Waals surface area contributed by atoms with Gasteiger partial charge in [-0.15, -0.1) is 5.10 Å². The van der Waals surface area contributed by atoms with Crippen LogP contribution in [0.5, 0.6) is 0 Å². The quantitative estimate of drug-likeness (QED) is 0.828. The number of hydrogen-bond acceptors (Lipinski definition) is 4. The Morgan fingerprint density at radius 3 is 3.10 bits per heavy atom. The molecule has 21 heavy (non-hydrogen) atoms. The lowest BCUT2D eigenvalue weighted by atomic mass is 10.3. The number of nitrogens with zero attached hydrogens (tertiary/aromatic N) is 2. The second-order valence-corrected chi connectivity index (χ2v) is 6.12. The third kappa shape index (κ3) is 3.74. The van der Waals surface area contributed by atoms with Crippen molar-refractivity contribution in [2.45, 2.75) is 23.9 Å². The highest BCUT2D eigenvalue weighted by Gasteiger charge is 2.27. The lowest BCUT2D eigenvalue weighted by Crippen LogP contribution is -2.15. The van der Waals surface area contributed by atoms with Crippen LogP contribution < -0.4 is 5.32 Å². The third-order valence-electron chi connectivity index (χ3n) is 2.98. The van der Waals surface area contributed by atoms with E-state index < -0.39 is 5.82 Å². The van der Waals surface area contributed by atoms with Crippen molar-refractivity contribution >= 4 is 35.0 Å². The van der Waals surface area contributed by atoms with E-state index in [2.05, 4.69) is 20.5 Å². The van der Waals surface area contributed by atoms with Gasteiger partial charge in [-0.3, -0.25) is 9.89 Å². The zero-order valence-corrected chi connectivity index (χ0v) is 12.5. The molecule has 110 valence electrons. The van der Waals surface area contributed by atoms with E-state index in [-0.39, 0.29) is 17.3 Å². The summed E-state index contributed by atoms with van der Waals surface area (Å²) in [5, 5.41) is 10.3. The number of halogens is 2. The molecule has 2 aromatic rings. The van der Waals surface area contributed by atoms with Crippen molar-refractivity contribution in [1.82, 2.24) is 15.2 Å². The molecule has 5 nitrogen and oxygen atoms in total. The molecule has 0 saturated heterocycles. The van der Waals surface area contributed by atoms with E-state index in [1.54, 1.807) is 0 Å². The summed E-state index contributed by atoms with van der Waals surface area (Å²) in [7, 11) is 0. The minimum absolute atomic E-state index is 0.0711. The van der Waals surface area contributed by atoms with Gasteiger partial charge in [-0.25, -0.2) is 9.37 Å². The van der Waals surface area contributed by atoms with E-state index in [9.17, 15) is 9.18 Å². The summed E-state index contributed by atoms with van der Waals surface area (Å²) in [4.78, 5) is 16.1. The van der Waals surface area contributed by atoms with Crippen LogP contribution in [0.3, 0.4) is 0 Å². The Labute approximate surface area is 129 Å². The van der Waals surface area contributed by atoms with Gasteiger partial charge in [0.2, 0.25) is 11.1 Å². The summed E-state index contributed by atoms with van der Waals surface area (Å²) < 4.78 is 13.5. The SMILES string of the molecule is O=C(CSc1n[nH]c(C2CC2)n1)Nc1cc(Cl)ccc1F. The summed E-state index contributed by atoms with van der Waals surface area (Å²) in [6.45, 7) is 0. The van der Waals surface area contributed by atoms with E-state index in [0.29, 0.717) is 16.1 Å². The van der Waals surface area contributed by atoms with Gasteiger partial charge in [-0.1, -0.05) is 23.4 Å². The molecule has 1 amide bonds. The maximum atomic E-state index is 13.5. The van der Waals surface area contributed by atoms with Crippen molar-refractivity contribution < 1.29 is 9.18 Å². The minimum Gasteiger partial charge on any atom is -0.323 e. The van der Waals surface area contributed by atoms with Gasteiger partial charge in [-0.05, 0) is 31.0 Å². The fourth-order valence-corrected chi connectivity index (χ4v) is 2.55. The van der Waals surface area contributed by atoms with Crippen molar-refractivity contribution in [2.75, 3.05) is 11.1 Å². The number of carbonyl (C=O) groups is 1. The normalized spacial score (nSPS) is 14.2. The first kappa shape index (κ1) is 14.3. The van der Waals surface area contributed by atoms with Gasteiger partial charge >= 0.3 is 0 Å². The summed E-state index contributed by atoms with van der Waals surface area (Å²) in [5.41, 5.74) is 0.0711. The monoisotopic (exact) mass is 326 g/mol. The average molecular weight is 327 g/mol. The van der Waals surface area contributed by atoms with Crippen LogP contribution in [0.1, 0.15) is 24.6 Å². The highest BCUT2D eigenvalue weighted by molar-refractivity contribution is 7.99. The first-order valence-corrected chi connectivity index (χ1v) is 7.78. The molecule has 0 bridgehead atoms. The second-order valence-electron chi connectivity index (χ2n) is 4.74. The van der Waals surface area contributed by atoms with Crippen molar-refractivity contribution in [3.63, 3.8) is 0 Å². The van der Waals surface area contributed by atoms with Gasteiger partial charge < -0.3 is 5.32 Å². The van der Waals surface area contributed by atoms with Gasteiger partial charge in [0.1, 0.15) is 11.6 Å². The van der Waals surface area contributed by atoms with Crippen molar-refractivity contribution in [2.24, 2.45) is 0 Å². The fourth-order valence-electron chi connectivity index (χ4n) is 1.77. The zero-order chi connectivity index (χ0) is 14.8. The molecule has 0 unspecified atom stereocenters. The summed E-state index contributed by atoms with van der Waals surface area (Å²) >= 11 is 6.97. The van der Waals surface area contributed by atoms with Gasteiger partial charge in [0, 0.05) is 10.9 Å². The number of aromatic nitrogens is 3. The molecule has 0 atom stereocenters. The van der Waals surface area contributed by atoms with E-state index in [4.69, 9.17) is 11.6 Å². The first-order valence-electron chi connectivity index (χ1n) is 6.42.